The van der Waals surface area contributed by atoms with Crippen molar-refractivity contribution in [2.45, 2.75) is 39.0 Å². The first kappa shape index (κ1) is 15.3. The highest BCUT2D eigenvalue weighted by molar-refractivity contribution is 14.1. The number of esters is 1. The van der Waals surface area contributed by atoms with Crippen LogP contribution in [-0.2, 0) is 16.0 Å². The van der Waals surface area contributed by atoms with Gasteiger partial charge in [-0.05, 0) is 66.5 Å². The second kappa shape index (κ2) is 8.34. The van der Waals surface area contributed by atoms with E-state index in [9.17, 15) is 4.79 Å². The summed E-state index contributed by atoms with van der Waals surface area (Å²) >= 11 is 2.25. The molecule has 0 spiro atoms. The van der Waals surface area contributed by atoms with Crippen molar-refractivity contribution in [2.75, 3.05) is 12.3 Å². The van der Waals surface area contributed by atoms with Crippen molar-refractivity contribution >= 4 is 34.2 Å². The SMILES string of the molecule is CCOC(=O)CCCCCc1ccc(N)c(I)c1. The summed E-state index contributed by atoms with van der Waals surface area (Å²) in [5.41, 5.74) is 7.91. The topological polar surface area (TPSA) is 52.3 Å². The molecule has 0 aliphatic rings. The van der Waals surface area contributed by atoms with Gasteiger partial charge in [0.1, 0.15) is 0 Å². The lowest BCUT2D eigenvalue weighted by Crippen LogP contribution is -2.03. The van der Waals surface area contributed by atoms with Crippen LogP contribution in [0.15, 0.2) is 18.2 Å². The molecule has 100 valence electrons. The largest absolute Gasteiger partial charge is 0.466 e. The van der Waals surface area contributed by atoms with E-state index in [2.05, 4.69) is 34.7 Å². The molecule has 0 unspecified atom stereocenters. The number of hydrogen-bond donors (Lipinski definition) is 1. The molecule has 0 fully saturated rings. The molecule has 3 nitrogen and oxygen atoms in total. The fourth-order valence-corrected chi connectivity index (χ4v) is 2.31. The first-order chi connectivity index (χ1) is 8.63. The molecule has 0 radical (unpaired) electrons. The maximum absolute atomic E-state index is 11.1. The van der Waals surface area contributed by atoms with Gasteiger partial charge in [-0.25, -0.2) is 0 Å². The Kier molecular flexibility index (Phi) is 7.08. The van der Waals surface area contributed by atoms with Crippen LogP contribution in [0.25, 0.3) is 0 Å². The Balaban J connectivity index is 2.18. The van der Waals surface area contributed by atoms with Crippen LogP contribution in [0.2, 0.25) is 0 Å². The summed E-state index contributed by atoms with van der Waals surface area (Å²) in [5, 5.41) is 0. The quantitative estimate of drug-likeness (QED) is 0.350. The van der Waals surface area contributed by atoms with Gasteiger partial charge in [-0.15, -0.1) is 0 Å². The van der Waals surface area contributed by atoms with Crippen LogP contribution in [0.4, 0.5) is 5.69 Å². The number of carbonyl (C=O) groups excluding carboxylic acids is 1. The van der Waals surface area contributed by atoms with Crippen molar-refractivity contribution in [3.8, 4) is 0 Å². The number of carbonyl (C=O) groups is 1. The van der Waals surface area contributed by atoms with E-state index in [1.807, 2.05) is 13.0 Å². The Hall–Kier alpha value is -0.780. The van der Waals surface area contributed by atoms with Gasteiger partial charge in [0.05, 0.1) is 6.61 Å². The van der Waals surface area contributed by atoms with Crippen LogP contribution in [0.1, 0.15) is 38.2 Å². The number of aryl methyl sites for hydroxylation is 1. The Labute approximate surface area is 122 Å². The van der Waals surface area contributed by atoms with Gasteiger partial charge >= 0.3 is 5.97 Å². The number of unbranched alkanes of at least 4 members (excludes halogenated alkanes) is 2. The predicted octanol–water partition coefficient (Wildman–Crippen LogP) is 3.54. The Morgan fingerprint density at radius 1 is 1.33 bits per heavy atom. The maximum atomic E-state index is 11.1. The maximum Gasteiger partial charge on any atom is 0.305 e. The van der Waals surface area contributed by atoms with Crippen LogP contribution in [0, 0.1) is 3.57 Å². The smallest absolute Gasteiger partial charge is 0.305 e. The Morgan fingerprint density at radius 3 is 2.78 bits per heavy atom. The molecule has 0 saturated heterocycles. The number of hydrogen-bond acceptors (Lipinski definition) is 3. The molecule has 0 aromatic heterocycles. The van der Waals surface area contributed by atoms with E-state index >= 15 is 0 Å². The number of rotatable bonds is 7. The van der Waals surface area contributed by atoms with Gasteiger partial charge in [0.25, 0.3) is 0 Å². The van der Waals surface area contributed by atoms with Gasteiger partial charge in [0, 0.05) is 15.7 Å². The molecule has 0 heterocycles. The summed E-state index contributed by atoms with van der Waals surface area (Å²) in [4.78, 5) is 11.1. The van der Waals surface area contributed by atoms with E-state index in [-0.39, 0.29) is 5.97 Å². The molecular weight excluding hydrogens is 341 g/mol. The van der Waals surface area contributed by atoms with Crippen molar-refractivity contribution < 1.29 is 9.53 Å². The highest BCUT2D eigenvalue weighted by Gasteiger charge is 2.02. The van der Waals surface area contributed by atoms with E-state index < -0.39 is 0 Å². The summed E-state index contributed by atoms with van der Waals surface area (Å²) in [7, 11) is 0. The third-order valence-electron chi connectivity index (χ3n) is 2.72. The Morgan fingerprint density at radius 2 is 2.11 bits per heavy atom. The van der Waals surface area contributed by atoms with Crippen LogP contribution >= 0.6 is 22.6 Å². The summed E-state index contributed by atoms with van der Waals surface area (Å²) in [6.07, 6.45) is 4.64. The first-order valence-corrected chi connectivity index (χ1v) is 7.41. The second-order valence-corrected chi connectivity index (χ2v) is 5.38. The van der Waals surface area contributed by atoms with Crippen molar-refractivity contribution in [1.29, 1.82) is 0 Å². The van der Waals surface area contributed by atoms with Crippen LogP contribution in [0.3, 0.4) is 0 Å². The molecule has 1 aromatic carbocycles. The molecular formula is C14H20INO2. The number of benzene rings is 1. The van der Waals surface area contributed by atoms with Crippen LogP contribution in [-0.4, -0.2) is 12.6 Å². The summed E-state index contributed by atoms with van der Waals surface area (Å²) in [5.74, 6) is -0.0838. The lowest BCUT2D eigenvalue weighted by atomic mass is 10.1. The molecule has 1 rings (SSSR count). The van der Waals surface area contributed by atoms with Gasteiger partial charge in [0.15, 0.2) is 0 Å². The normalized spacial score (nSPS) is 10.3. The average Bonchev–Trinajstić information content (AvgIpc) is 2.33. The third-order valence-corrected chi connectivity index (χ3v) is 3.65. The number of ether oxygens (including phenoxy) is 1. The molecule has 0 aliphatic heterocycles. The van der Waals surface area contributed by atoms with Crippen LogP contribution < -0.4 is 5.73 Å². The molecule has 0 bridgehead atoms. The van der Waals surface area contributed by atoms with Gasteiger partial charge < -0.3 is 10.5 Å². The van der Waals surface area contributed by atoms with E-state index in [0.717, 1.165) is 34.9 Å². The minimum Gasteiger partial charge on any atom is -0.466 e. The predicted molar refractivity (Wildman–Crippen MR) is 82.4 cm³/mol. The first-order valence-electron chi connectivity index (χ1n) is 6.33. The van der Waals surface area contributed by atoms with Gasteiger partial charge in [-0.3, -0.25) is 4.79 Å². The van der Waals surface area contributed by atoms with Gasteiger partial charge in [0.2, 0.25) is 0 Å². The molecule has 2 N–H and O–H groups in total. The van der Waals surface area contributed by atoms with Crippen molar-refractivity contribution in [3.05, 3.63) is 27.3 Å². The molecule has 0 aliphatic carbocycles. The fraction of sp³-hybridized carbons (Fsp3) is 0.500. The van der Waals surface area contributed by atoms with E-state index in [4.69, 9.17) is 10.5 Å². The number of nitrogen functional groups attached to an aromatic ring is 1. The van der Waals surface area contributed by atoms with E-state index in [0.29, 0.717) is 13.0 Å². The Bertz CT molecular complexity index is 393. The minimum absolute atomic E-state index is 0.0838. The number of nitrogens with two attached hydrogens (primary N) is 1. The summed E-state index contributed by atoms with van der Waals surface area (Å²) in [6, 6.07) is 6.15. The van der Waals surface area contributed by atoms with E-state index in [1.54, 1.807) is 0 Å². The summed E-state index contributed by atoms with van der Waals surface area (Å²) < 4.78 is 5.99. The van der Waals surface area contributed by atoms with Gasteiger partial charge in [-0.1, -0.05) is 12.5 Å². The lowest BCUT2D eigenvalue weighted by molar-refractivity contribution is -0.143. The molecule has 0 saturated carbocycles. The molecule has 0 amide bonds. The van der Waals surface area contributed by atoms with Crippen LogP contribution in [0.5, 0.6) is 0 Å². The minimum atomic E-state index is -0.0838. The third kappa shape index (κ3) is 5.71. The monoisotopic (exact) mass is 361 g/mol. The highest BCUT2D eigenvalue weighted by atomic mass is 127. The molecule has 1 aromatic rings. The van der Waals surface area contributed by atoms with Crippen molar-refractivity contribution in [2.24, 2.45) is 0 Å². The van der Waals surface area contributed by atoms with Crippen molar-refractivity contribution in [3.63, 3.8) is 0 Å². The zero-order valence-electron chi connectivity index (χ0n) is 10.7. The zero-order valence-corrected chi connectivity index (χ0v) is 12.9. The standard InChI is InChI=1S/C14H20INO2/c1-2-18-14(17)7-5-3-4-6-11-8-9-13(16)12(15)10-11/h8-10H,2-7,16H2,1H3. The second-order valence-electron chi connectivity index (χ2n) is 4.22. The molecule has 18 heavy (non-hydrogen) atoms. The zero-order chi connectivity index (χ0) is 13.4. The molecule has 0 atom stereocenters. The summed E-state index contributed by atoms with van der Waals surface area (Å²) in [6.45, 7) is 2.31. The fourth-order valence-electron chi connectivity index (χ4n) is 1.73. The molecule has 4 heteroatoms. The van der Waals surface area contributed by atoms with E-state index in [1.165, 1.54) is 5.56 Å². The number of anilines is 1. The number of halogens is 1. The van der Waals surface area contributed by atoms with Crippen molar-refractivity contribution in [1.82, 2.24) is 0 Å². The lowest BCUT2D eigenvalue weighted by Gasteiger charge is -2.04. The van der Waals surface area contributed by atoms with Gasteiger partial charge in [-0.2, -0.15) is 0 Å². The highest BCUT2D eigenvalue weighted by Crippen LogP contribution is 2.18. The average molecular weight is 361 g/mol.